The minimum Gasteiger partial charge on any atom is -0.331 e. The fraction of sp³-hybridized carbons (Fsp3) is 0.308. The molecule has 0 N–H and O–H groups in total. The van der Waals surface area contributed by atoms with Crippen LogP contribution >= 0.6 is 0 Å². The van der Waals surface area contributed by atoms with E-state index in [1.54, 1.807) is 12.2 Å². The van der Waals surface area contributed by atoms with E-state index in [0.29, 0.717) is 5.92 Å². The fourth-order valence-electron chi connectivity index (χ4n) is 1.57. The second-order valence-electron chi connectivity index (χ2n) is 3.75. The van der Waals surface area contributed by atoms with Crippen LogP contribution in [0.1, 0.15) is 37.0 Å². The summed E-state index contributed by atoms with van der Waals surface area (Å²) in [4.78, 5) is 4.54. The third kappa shape index (κ3) is 2.27. The summed E-state index contributed by atoms with van der Waals surface area (Å²) in [6.45, 7) is 11.7. The van der Waals surface area contributed by atoms with Gasteiger partial charge in [0.1, 0.15) is 5.82 Å². The van der Waals surface area contributed by atoms with E-state index in [-0.39, 0.29) is 0 Å². The van der Waals surface area contributed by atoms with Gasteiger partial charge >= 0.3 is 0 Å². The normalized spacial score (nSPS) is 11.2. The van der Waals surface area contributed by atoms with E-state index >= 15 is 0 Å². The lowest BCUT2D eigenvalue weighted by Crippen LogP contribution is -2.01. The third-order valence-electron chi connectivity index (χ3n) is 2.30. The molecule has 0 bridgehead atoms. The summed E-state index contributed by atoms with van der Waals surface area (Å²) in [5, 5.41) is 0. The highest BCUT2D eigenvalue weighted by Gasteiger charge is 2.12. The molecule has 0 spiro atoms. The van der Waals surface area contributed by atoms with Gasteiger partial charge in [0.05, 0.1) is 11.4 Å². The third-order valence-corrected chi connectivity index (χ3v) is 2.30. The van der Waals surface area contributed by atoms with E-state index in [1.165, 1.54) is 0 Å². The summed E-state index contributed by atoms with van der Waals surface area (Å²) in [5.41, 5.74) is 2.01. The van der Waals surface area contributed by atoms with E-state index in [2.05, 4.69) is 36.6 Å². The van der Waals surface area contributed by atoms with Gasteiger partial charge in [0, 0.05) is 13.0 Å². The van der Waals surface area contributed by atoms with Crippen molar-refractivity contribution < 1.29 is 0 Å². The van der Waals surface area contributed by atoms with Gasteiger partial charge in [-0.1, -0.05) is 39.2 Å². The Hall–Kier alpha value is -1.57. The van der Waals surface area contributed by atoms with Crippen molar-refractivity contribution in [2.75, 3.05) is 0 Å². The van der Waals surface area contributed by atoms with E-state index in [9.17, 15) is 0 Å². The zero-order chi connectivity index (χ0) is 11.4. The zero-order valence-corrected chi connectivity index (χ0v) is 9.70. The van der Waals surface area contributed by atoms with Crippen molar-refractivity contribution in [2.45, 2.75) is 19.8 Å². The van der Waals surface area contributed by atoms with Crippen LogP contribution < -0.4 is 0 Å². The fourth-order valence-corrected chi connectivity index (χ4v) is 1.57. The lowest BCUT2D eigenvalue weighted by Gasteiger charge is -2.05. The molecule has 0 aliphatic heterocycles. The van der Waals surface area contributed by atoms with Gasteiger partial charge in [0.25, 0.3) is 0 Å². The summed E-state index contributed by atoms with van der Waals surface area (Å²) in [5.74, 6) is 1.49. The Kier molecular flexibility index (Phi) is 3.67. The molecule has 0 saturated carbocycles. The van der Waals surface area contributed by atoms with Crippen molar-refractivity contribution in [2.24, 2.45) is 7.05 Å². The van der Waals surface area contributed by atoms with Crippen molar-refractivity contribution in [3.8, 4) is 0 Å². The standard InChI is InChI=1S/C13H18N2/c1-6-8-9-12-11(7-2)14-13(10(3)4)15(12)5/h6-10H,1-2H2,3-5H3/b9-8-. The SMILES string of the molecule is C=C/C=C\c1c(C=C)nc(C(C)C)n1C. The Balaban J connectivity index is 3.28. The molecular weight excluding hydrogens is 184 g/mol. The van der Waals surface area contributed by atoms with Crippen LogP contribution in [-0.2, 0) is 7.05 Å². The highest BCUT2D eigenvalue weighted by molar-refractivity contribution is 5.60. The second kappa shape index (κ2) is 4.78. The van der Waals surface area contributed by atoms with Gasteiger partial charge in [-0.05, 0) is 12.2 Å². The Morgan fingerprint density at radius 1 is 1.33 bits per heavy atom. The van der Waals surface area contributed by atoms with Crippen LogP contribution in [0.3, 0.4) is 0 Å². The Morgan fingerprint density at radius 3 is 2.47 bits per heavy atom. The first-order valence-corrected chi connectivity index (χ1v) is 5.10. The molecule has 1 heterocycles. The minimum atomic E-state index is 0.416. The van der Waals surface area contributed by atoms with E-state index in [4.69, 9.17) is 0 Å². The highest BCUT2D eigenvalue weighted by atomic mass is 15.1. The maximum atomic E-state index is 4.54. The molecule has 1 rings (SSSR count). The lowest BCUT2D eigenvalue weighted by molar-refractivity contribution is 0.708. The molecule has 0 atom stereocenters. The van der Waals surface area contributed by atoms with Gasteiger partial charge in [-0.2, -0.15) is 0 Å². The van der Waals surface area contributed by atoms with Gasteiger partial charge < -0.3 is 4.57 Å². The molecule has 0 amide bonds. The van der Waals surface area contributed by atoms with E-state index < -0.39 is 0 Å². The van der Waals surface area contributed by atoms with Gasteiger partial charge in [-0.15, -0.1) is 0 Å². The molecule has 1 aromatic rings. The van der Waals surface area contributed by atoms with Crippen LogP contribution in [0.4, 0.5) is 0 Å². The number of rotatable bonds is 4. The van der Waals surface area contributed by atoms with Gasteiger partial charge in [0.2, 0.25) is 0 Å². The van der Waals surface area contributed by atoms with Gasteiger partial charge in [-0.3, -0.25) is 0 Å². The first-order chi connectivity index (χ1) is 7.11. The predicted molar refractivity (Wildman–Crippen MR) is 66.6 cm³/mol. The minimum absolute atomic E-state index is 0.416. The first-order valence-electron chi connectivity index (χ1n) is 5.10. The molecule has 0 saturated heterocycles. The molecule has 0 aliphatic rings. The van der Waals surface area contributed by atoms with E-state index in [1.807, 2.05) is 19.2 Å². The maximum Gasteiger partial charge on any atom is 0.112 e. The summed E-state index contributed by atoms with van der Waals surface area (Å²) in [6.07, 6.45) is 7.46. The smallest absolute Gasteiger partial charge is 0.112 e. The summed E-state index contributed by atoms with van der Waals surface area (Å²) < 4.78 is 2.10. The monoisotopic (exact) mass is 202 g/mol. The van der Waals surface area contributed by atoms with Crippen LogP contribution in [0.5, 0.6) is 0 Å². The summed E-state index contributed by atoms with van der Waals surface area (Å²) in [7, 11) is 2.03. The van der Waals surface area contributed by atoms with Crippen LogP contribution in [0, 0.1) is 0 Å². The van der Waals surface area contributed by atoms with Crippen LogP contribution in [0.2, 0.25) is 0 Å². The van der Waals surface area contributed by atoms with Crippen molar-refractivity contribution >= 4 is 12.2 Å². The molecule has 1 aromatic heterocycles. The predicted octanol–water partition coefficient (Wildman–Crippen LogP) is 3.39. The topological polar surface area (TPSA) is 17.8 Å². The molecule has 0 aromatic carbocycles. The number of aromatic nitrogens is 2. The maximum absolute atomic E-state index is 4.54. The second-order valence-corrected chi connectivity index (χ2v) is 3.75. The van der Waals surface area contributed by atoms with Gasteiger partial charge in [-0.25, -0.2) is 4.98 Å². The molecule has 0 fully saturated rings. The van der Waals surface area contributed by atoms with Crippen molar-refractivity contribution in [1.29, 1.82) is 0 Å². The average molecular weight is 202 g/mol. The number of hydrogen-bond acceptors (Lipinski definition) is 1. The molecule has 2 nitrogen and oxygen atoms in total. The molecule has 80 valence electrons. The zero-order valence-electron chi connectivity index (χ0n) is 9.70. The number of hydrogen-bond donors (Lipinski definition) is 0. The van der Waals surface area contributed by atoms with Crippen LogP contribution in [-0.4, -0.2) is 9.55 Å². The molecular formula is C13H18N2. The lowest BCUT2D eigenvalue weighted by atomic mass is 10.2. The largest absolute Gasteiger partial charge is 0.331 e. The Morgan fingerprint density at radius 2 is 2.00 bits per heavy atom. The van der Waals surface area contributed by atoms with Crippen LogP contribution in [0.15, 0.2) is 25.3 Å². The van der Waals surface area contributed by atoms with E-state index in [0.717, 1.165) is 17.2 Å². The van der Waals surface area contributed by atoms with Crippen LogP contribution in [0.25, 0.3) is 12.2 Å². The molecule has 2 heteroatoms. The summed E-state index contributed by atoms with van der Waals surface area (Å²) >= 11 is 0. The summed E-state index contributed by atoms with van der Waals surface area (Å²) in [6, 6.07) is 0. The molecule has 0 aliphatic carbocycles. The molecule has 0 radical (unpaired) electrons. The first kappa shape index (κ1) is 11.5. The Labute approximate surface area is 91.7 Å². The molecule has 0 unspecified atom stereocenters. The number of allylic oxidation sites excluding steroid dienone is 2. The van der Waals surface area contributed by atoms with Gasteiger partial charge in [0.15, 0.2) is 0 Å². The number of nitrogens with zero attached hydrogens (tertiary/aromatic N) is 2. The quantitative estimate of drug-likeness (QED) is 0.684. The molecule has 15 heavy (non-hydrogen) atoms. The van der Waals surface area contributed by atoms with Crippen molar-refractivity contribution in [1.82, 2.24) is 9.55 Å². The Bertz CT molecular complexity index is 395. The van der Waals surface area contributed by atoms with Crippen molar-refractivity contribution in [3.63, 3.8) is 0 Å². The number of imidazole rings is 1. The van der Waals surface area contributed by atoms with Crippen molar-refractivity contribution in [3.05, 3.63) is 42.5 Å². The highest BCUT2D eigenvalue weighted by Crippen LogP contribution is 2.19. The average Bonchev–Trinajstić information content (AvgIpc) is 2.52.